The average molecular weight is 195 g/mol. The van der Waals surface area contributed by atoms with Gasteiger partial charge in [0.15, 0.2) is 0 Å². The monoisotopic (exact) mass is 195 g/mol. The highest BCUT2D eigenvalue weighted by atomic mass is 32.1. The maximum Gasteiger partial charge on any atom is 0.0529 e. The highest BCUT2D eigenvalue weighted by Gasteiger charge is 2.04. The van der Waals surface area contributed by atoms with Crippen LogP contribution < -0.4 is 0 Å². The molecular formula is C9H9NS2. The highest BCUT2D eigenvalue weighted by molar-refractivity contribution is 7.80. The zero-order chi connectivity index (χ0) is 8.55. The van der Waals surface area contributed by atoms with Crippen molar-refractivity contribution in [2.45, 2.75) is 12.2 Å². The summed E-state index contributed by atoms with van der Waals surface area (Å²) in [6, 6.07) is 4.21. The van der Waals surface area contributed by atoms with Gasteiger partial charge in [0.2, 0.25) is 0 Å². The van der Waals surface area contributed by atoms with Gasteiger partial charge in [-0.1, -0.05) is 0 Å². The quantitative estimate of drug-likeness (QED) is 0.689. The minimum absolute atomic E-state index is 0.322. The number of hydrogen-bond acceptors (Lipinski definition) is 3. The van der Waals surface area contributed by atoms with Crippen LogP contribution in [-0.2, 0) is 0 Å². The van der Waals surface area contributed by atoms with Crippen LogP contribution in [0, 0.1) is 0 Å². The molecule has 1 unspecified atom stereocenters. The summed E-state index contributed by atoms with van der Waals surface area (Å²) in [5.41, 5.74) is 0. The van der Waals surface area contributed by atoms with E-state index in [9.17, 15) is 0 Å². The lowest BCUT2D eigenvalue weighted by Gasteiger charge is -1.95. The van der Waals surface area contributed by atoms with E-state index in [0.717, 1.165) is 0 Å². The van der Waals surface area contributed by atoms with Gasteiger partial charge in [-0.15, -0.1) is 11.3 Å². The van der Waals surface area contributed by atoms with Gasteiger partial charge in [-0.25, -0.2) is 0 Å². The molecule has 0 spiro atoms. The van der Waals surface area contributed by atoms with E-state index in [2.05, 4.69) is 30.6 Å². The molecule has 0 aliphatic carbocycles. The Bertz CT molecular complexity index is 359. The van der Waals surface area contributed by atoms with Crippen molar-refractivity contribution >= 4 is 34.1 Å². The first-order valence-electron chi connectivity index (χ1n) is 3.79. The SMILES string of the molecule is CC(S)c1cc2ccncc2s1. The lowest BCUT2D eigenvalue weighted by Crippen LogP contribution is -1.73. The summed E-state index contributed by atoms with van der Waals surface area (Å²) in [5.74, 6) is 0. The van der Waals surface area contributed by atoms with Crippen LogP contribution in [0.2, 0.25) is 0 Å². The van der Waals surface area contributed by atoms with Crippen LogP contribution >= 0.6 is 24.0 Å². The minimum Gasteiger partial charge on any atom is -0.263 e. The Hall–Kier alpha value is -0.540. The summed E-state index contributed by atoms with van der Waals surface area (Å²) in [6.45, 7) is 2.08. The fraction of sp³-hybridized carbons (Fsp3) is 0.222. The van der Waals surface area contributed by atoms with Crippen molar-refractivity contribution in [1.82, 2.24) is 4.98 Å². The molecule has 0 amide bonds. The summed E-state index contributed by atoms with van der Waals surface area (Å²) >= 11 is 6.15. The molecule has 0 aliphatic rings. The average Bonchev–Trinajstić information content (AvgIpc) is 2.46. The van der Waals surface area contributed by atoms with E-state index in [1.165, 1.54) is 15.0 Å². The van der Waals surface area contributed by atoms with E-state index in [1.807, 2.05) is 18.5 Å². The van der Waals surface area contributed by atoms with Crippen LogP contribution in [0.5, 0.6) is 0 Å². The lowest BCUT2D eigenvalue weighted by molar-refractivity contribution is 1.16. The molecule has 0 aliphatic heterocycles. The first kappa shape index (κ1) is 8.08. The van der Waals surface area contributed by atoms with Crippen molar-refractivity contribution in [3.63, 3.8) is 0 Å². The molecule has 2 rings (SSSR count). The Morgan fingerprint density at radius 1 is 1.58 bits per heavy atom. The predicted octanol–water partition coefficient (Wildman–Crippen LogP) is 3.29. The normalized spacial score (nSPS) is 13.5. The van der Waals surface area contributed by atoms with Crippen LogP contribution in [0.1, 0.15) is 17.1 Å². The zero-order valence-corrected chi connectivity index (χ0v) is 8.40. The van der Waals surface area contributed by atoms with Crippen molar-refractivity contribution in [2.24, 2.45) is 0 Å². The molecule has 0 radical (unpaired) electrons. The lowest BCUT2D eigenvalue weighted by atomic mass is 10.3. The Labute approximate surface area is 80.9 Å². The summed E-state index contributed by atoms with van der Waals surface area (Å²) < 4.78 is 1.24. The molecule has 0 saturated heterocycles. The van der Waals surface area contributed by atoms with Crippen LogP contribution in [0.25, 0.3) is 10.1 Å². The summed E-state index contributed by atoms with van der Waals surface area (Å²) in [4.78, 5) is 5.38. The standard InChI is InChI=1S/C9H9NS2/c1-6(11)8-4-7-2-3-10-5-9(7)12-8/h2-6,11H,1H3. The Morgan fingerprint density at radius 3 is 3.08 bits per heavy atom. The first-order chi connectivity index (χ1) is 5.77. The van der Waals surface area contributed by atoms with E-state index in [-0.39, 0.29) is 0 Å². The Kier molecular flexibility index (Phi) is 2.07. The molecule has 0 fully saturated rings. The number of hydrogen-bond donors (Lipinski definition) is 1. The topological polar surface area (TPSA) is 12.9 Å². The molecular weight excluding hydrogens is 186 g/mol. The van der Waals surface area contributed by atoms with Crippen LogP contribution in [-0.4, -0.2) is 4.98 Å². The summed E-state index contributed by atoms with van der Waals surface area (Å²) in [5, 5.41) is 1.59. The molecule has 62 valence electrons. The van der Waals surface area contributed by atoms with Gasteiger partial charge in [0.25, 0.3) is 0 Å². The Morgan fingerprint density at radius 2 is 2.42 bits per heavy atom. The van der Waals surface area contributed by atoms with Gasteiger partial charge in [-0.2, -0.15) is 12.6 Å². The predicted molar refractivity (Wildman–Crippen MR) is 57.0 cm³/mol. The second kappa shape index (κ2) is 3.07. The van der Waals surface area contributed by atoms with Gasteiger partial charge in [0, 0.05) is 22.5 Å². The molecule has 0 bridgehead atoms. The maximum absolute atomic E-state index is 4.39. The molecule has 12 heavy (non-hydrogen) atoms. The number of rotatable bonds is 1. The number of aromatic nitrogens is 1. The third-order valence-electron chi connectivity index (χ3n) is 1.75. The summed E-state index contributed by atoms with van der Waals surface area (Å²) in [7, 11) is 0. The fourth-order valence-electron chi connectivity index (χ4n) is 1.11. The van der Waals surface area contributed by atoms with Gasteiger partial charge >= 0.3 is 0 Å². The number of pyridine rings is 1. The molecule has 2 heterocycles. The molecule has 2 aromatic rings. The second-order valence-electron chi connectivity index (χ2n) is 2.74. The van der Waals surface area contributed by atoms with Gasteiger partial charge in [0.05, 0.1) is 4.70 Å². The van der Waals surface area contributed by atoms with Gasteiger partial charge in [0.1, 0.15) is 0 Å². The van der Waals surface area contributed by atoms with Crippen molar-refractivity contribution in [3.8, 4) is 0 Å². The fourth-order valence-corrected chi connectivity index (χ4v) is 2.31. The maximum atomic E-state index is 4.39. The van der Waals surface area contributed by atoms with E-state index in [4.69, 9.17) is 0 Å². The number of thiophene rings is 1. The van der Waals surface area contributed by atoms with Crippen molar-refractivity contribution in [3.05, 3.63) is 29.4 Å². The third kappa shape index (κ3) is 1.34. The second-order valence-corrected chi connectivity index (χ2v) is 4.63. The minimum atomic E-state index is 0.322. The van der Waals surface area contributed by atoms with Gasteiger partial charge in [-0.3, -0.25) is 4.98 Å². The van der Waals surface area contributed by atoms with Crippen molar-refractivity contribution in [2.75, 3.05) is 0 Å². The number of thiol groups is 1. The van der Waals surface area contributed by atoms with Gasteiger partial charge < -0.3 is 0 Å². The third-order valence-corrected chi connectivity index (χ3v) is 3.47. The van der Waals surface area contributed by atoms with Crippen LogP contribution in [0.15, 0.2) is 24.5 Å². The van der Waals surface area contributed by atoms with E-state index in [1.54, 1.807) is 11.3 Å². The molecule has 0 N–H and O–H groups in total. The number of fused-ring (bicyclic) bond motifs is 1. The zero-order valence-electron chi connectivity index (χ0n) is 6.69. The molecule has 2 aromatic heterocycles. The van der Waals surface area contributed by atoms with Crippen molar-refractivity contribution in [1.29, 1.82) is 0 Å². The smallest absolute Gasteiger partial charge is 0.0529 e. The Balaban J connectivity index is 2.62. The first-order valence-corrected chi connectivity index (χ1v) is 5.12. The van der Waals surface area contributed by atoms with Gasteiger partial charge in [-0.05, 0) is 24.4 Å². The van der Waals surface area contributed by atoms with E-state index >= 15 is 0 Å². The molecule has 0 aromatic carbocycles. The highest BCUT2D eigenvalue weighted by Crippen LogP contribution is 2.31. The molecule has 0 saturated carbocycles. The number of nitrogens with zero attached hydrogens (tertiary/aromatic N) is 1. The largest absolute Gasteiger partial charge is 0.263 e. The van der Waals surface area contributed by atoms with Crippen LogP contribution in [0.3, 0.4) is 0 Å². The van der Waals surface area contributed by atoms with Crippen molar-refractivity contribution < 1.29 is 0 Å². The van der Waals surface area contributed by atoms with E-state index < -0.39 is 0 Å². The molecule has 3 heteroatoms. The van der Waals surface area contributed by atoms with Crippen LogP contribution in [0.4, 0.5) is 0 Å². The molecule has 1 atom stereocenters. The summed E-state index contributed by atoms with van der Waals surface area (Å²) in [6.07, 6.45) is 3.72. The molecule has 1 nitrogen and oxygen atoms in total. The van der Waals surface area contributed by atoms with E-state index in [0.29, 0.717) is 5.25 Å².